The minimum Gasteiger partial charge on any atom is -0.393 e. The van der Waals surface area contributed by atoms with Crippen LogP contribution in [0, 0.1) is 15.9 Å². The van der Waals surface area contributed by atoms with Gasteiger partial charge in [-0.15, -0.1) is 0 Å². The summed E-state index contributed by atoms with van der Waals surface area (Å²) >= 11 is 0. The Morgan fingerprint density at radius 2 is 2.12 bits per heavy atom. The summed E-state index contributed by atoms with van der Waals surface area (Å²) in [7, 11) is 0. The van der Waals surface area contributed by atoms with E-state index < -0.39 is 34.3 Å². The summed E-state index contributed by atoms with van der Waals surface area (Å²) in [6.45, 7) is 0. The summed E-state index contributed by atoms with van der Waals surface area (Å²) in [5.74, 6) is -3.46. The molecule has 1 fully saturated rings. The lowest BCUT2D eigenvalue weighted by Gasteiger charge is -2.05. The minimum absolute atomic E-state index is 0.0635. The molecule has 1 atom stereocenters. The first-order chi connectivity index (χ1) is 7.99. The van der Waals surface area contributed by atoms with E-state index in [9.17, 15) is 24.1 Å². The Hall–Kier alpha value is -2.31. The van der Waals surface area contributed by atoms with Crippen LogP contribution in [0.5, 0.6) is 0 Å². The van der Waals surface area contributed by atoms with Crippen LogP contribution < -0.4 is 0 Å². The summed E-state index contributed by atoms with van der Waals surface area (Å²) in [5.41, 5.74) is -0.476. The number of nitrogens with zero attached hydrogens (tertiary/aromatic N) is 1. The largest absolute Gasteiger partial charge is 0.393 e. The number of hydrogen-bond donors (Lipinski definition) is 0. The van der Waals surface area contributed by atoms with Gasteiger partial charge in [0.05, 0.1) is 23.3 Å². The number of carbonyl (C=O) groups is 2. The second kappa shape index (κ2) is 3.93. The molecule has 1 aliphatic rings. The van der Waals surface area contributed by atoms with Crippen LogP contribution in [-0.2, 0) is 14.3 Å². The normalized spacial score (nSPS) is 19.2. The van der Waals surface area contributed by atoms with Crippen LogP contribution in [0.25, 0.3) is 0 Å². The highest BCUT2D eigenvalue weighted by Gasteiger charge is 2.36. The van der Waals surface area contributed by atoms with Crippen molar-refractivity contribution in [3.8, 4) is 0 Å². The number of ether oxygens (including phenoxy) is 1. The number of esters is 2. The maximum atomic E-state index is 13.5. The molecule has 0 bridgehead atoms. The third-order valence-electron chi connectivity index (χ3n) is 2.44. The van der Waals surface area contributed by atoms with Crippen molar-refractivity contribution in [2.24, 2.45) is 0 Å². The van der Waals surface area contributed by atoms with Gasteiger partial charge in [0.25, 0.3) is 5.69 Å². The van der Waals surface area contributed by atoms with Crippen molar-refractivity contribution in [3.63, 3.8) is 0 Å². The zero-order valence-corrected chi connectivity index (χ0v) is 8.38. The maximum Gasteiger partial charge on any atom is 0.321 e. The predicted octanol–water partition coefficient (Wildman–Crippen LogP) is 1.29. The first-order valence-corrected chi connectivity index (χ1v) is 4.67. The summed E-state index contributed by atoms with van der Waals surface area (Å²) in [4.78, 5) is 31.7. The zero-order valence-electron chi connectivity index (χ0n) is 8.38. The number of nitro benzene ring substituents is 1. The standard InChI is InChI=1S/C10H6FNO5/c11-8-3-5(12(15)16)1-2-6(8)7-4-9(13)17-10(7)14/h1-3,7H,4H2. The maximum absolute atomic E-state index is 13.5. The molecule has 0 aromatic heterocycles. The lowest BCUT2D eigenvalue weighted by Crippen LogP contribution is -2.08. The number of hydrogen-bond acceptors (Lipinski definition) is 5. The van der Waals surface area contributed by atoms with Gasteiger partial charge >= 0.3 is 11.9 Å². The van der Waals surface area contributed by atoms with Gasteiger partial charge in [-0.05, 0) is 6.07 Å². The van der Waals surface area contributed by atoms with E-state index in [0.717, 1.165) is 12.1 Å². The Kier molecular flexibility index (Phi) is 2.58. The van der Waals surface area contributed by atoms with E-state index in [1.165, 1.54) is 0 Å². The Morgan fingerprint density at radius 3 is 2.59 bits per heavy atom. The van der Waals surface area contributed by atoms with Crippen molar-refractivity contribution in [2.75, 3.05) is 0 Å². The molecule has 1 heterocycles. The average Bonchev–Trinajstić information content (AvgIpc) is 2.57. The Bertz CT molecular complexity index is 527. The van der Waals surface area contributed by atoms with E-state index in [-0.39, 0.29) is 12.0 Å². The van der Waals surface area contributed by atoms with Crippen molar-refractivity contribution in [3.05, 3.63) is 39.7 Å². The molecule has 7 heteroatoms. The summed E-state index contributed by atoms with van der Waals surface area (Å²) < 4.78 is 17.8. The number of nitro groups is 1. The van der Waals surface area contributed by atoms with Crippen molar-refractivity contribution >= 4 is 17.6 Å². The van der Waals surface area contributed by atoms with Crippen LogP contribution >= 0.6 is 0 Å². The van der Waals surface area contributed by atoms with Crippen LogP contribution in [0.15, 0.2) is 18.2 Å². The summed E-state index contributed by atoms with van der Waals surface area (Å²) in [6, 6.07) is 2.91. The molecule has 0 spiro atoms. The molecule has 0 N–H and O–H groups in total. The third-order valence-corrected chi connectivity index (χ3v) is 2.44. The molecule has 0 amide bonds. The molecule has 2 rings (SSSR count). The predicted molar refractivity (Wildman–Crippen MR) is 51.5 cm³/mol. The molecule has 6 nitrogen and oxygen atoms in total. The Labute approximate surface area is 94.1 Å². The van der Waals surface area contributed by atoms with Gasteiger partial charge in [0.2, 0.25) is 0 Å². The lowest BCUT2D eigenvalue weighted by atomic mass is 9.97. The fourth-order valence-corrected chi connectivity index (χ4v) is 1.62. The molecule has 1 unspecified atom stereocenters. The van der Waals surface area contributed by atoms with E-state index in [2.05, 4.69) is 4.74 Å². The van der Waals surface area contributed by atoms with Gasteiger partial charge in [-0.1, -0.05) is 0 Å². The molecule has 1 aromatic rings. The van der Waals surface area contributed by atoms with Gasteiger partial charge in [0, 0.05) is 11.6 Å². The second-order valence-corrected chi connectivity index (χ2v) is 3.51. The SMILES string of the molecule is O=C1CC(c2ccc([N+](=O)[O-])cc2F)C(=O)O1. The first kappa shape index (κ1) is 11.2. The first-order valence-electron chi connectivity index (χ1n) is 4.67. The van der Waals surface area contributed by atoms with Gasteiger partial charge in [0.1, 0.15) is 5.82 Å². The number of benzene rings is 1. The molecule has 0 saturated carbocycles. The fourth-order valence-electron chi connectivity index (χ4n) is 1.62. The molecule has 0 aliphatic carbocycles. The molecule has 1 saturated heterocycles. The van der Waals surface area contributed by atoms with E-state index in [0.29, 0.717) is 6.07 Å². The Balaban J connectivity index is 2.37. The van der Waals surface area contributed by atoms with Crippen molar-refractivity contribution in [1.82, 2.24) is 0 Å². The number of non-ortho nitro benzene ring substituents is 1. The van der Waals surface area contributed by atoms with Gasteiger partial charge < -0.3 is 4.74 Å². The highest BCUT2D eigenvalue weighted by atomic mass is 19.1. The van der Waals surface area contributed by atoms with E-state index in [1.54, 1.807) is 0 Å². The van der Waals surface area contributed by atoms with E-state index in [4.69, 9.17) is 0 Å². The molecular weight excluding hydrogens is 233 g/mol. The van der Waals surface area contributed by atoms with Crippen molar-refractivity contribution < 1.29 is 23.6 Å². The lowest BCUT2D eigenvalue weighted by molar-refractivity contribution is -0.385. The number of rotatable bonds is 2. The third kappa shape index (κ3) is 1.99. The summed E-state index contributed by atoms with van der Waals surface area (Å²) in [5, 5.41) is 10.4. The monoisotopic (exact) mass is 239 g/mol. The quantitative estimate of drug-likeness (QED) is 0.336. The van der Waals surface area contributed by atoms with Crippen molar-refractivity contribution in [1.29, 1.82) is 0 Å². The van der Waals surface area contributed by atoms with E-state index in [1.807, 2.05) is 0 Å². The van der Waals surface area contributed by atoms with Crippen LogP contribution in [-0.4, -0.2) is 16.9 Å². The number of halogens is 1. The van der Waals surface area contributed by atoms with Crippen LogP contribution in [0.3, 0.4) is 0 Å². The number of carbonyl (C=O) groups excluding carboxylic acids is 2. The van der Waals surface area contributed by atoms with Crippen LogP contribution in [0.1, 0.15) is 17.9 Å². The fraction of sp³-hybridized carbons (Fsp3) is 0.200. The molecule has 1 aliphatic heterocycles. The second-order valence-electron chi connectivity index (χ2n) is 3.51. The van der Waals surface area contributed by atoms with Gasteiger partial charge in [-0.25, -0.2) is 4.39 Å². The highest BCUT2D eigenvalue weighted by Crippen LogP contribution is 2.30. The highest BCUT2D eigenvalue weighted by molar-refractivity contribution is 5.97. The smallest absolute Gasteiger partial charge is 0.321 e. The topological polar surface area (TPSA) is 86.5 Å². The van der Waals surface area contributed by atoms with Gasteiger partial charge in [-0.3, -0.25) is 19.7 Å². The zero-order chi connectivity index (χ0) is 12.6. The summed E-state index contributed by atoms with van der Waals surface area (Å²) in [6.07, 6.45) is -0.242. The van der Waals surface area contributed by atoms with E-state index >= 15 is 0 Å². The minimum atomic E-state index is -1.01. The van der Waals surface area contributed by atoms with Crippen LogP contribution in [0.4, 0.5) is 10.1 Å². The molecule has 1 aromatic carbocycles. The molecular formula is C10H6FNO5. The molecule has 88 valence electrons. The van der Waals surface area contributed by atoms with Crippen molar-refractivity contribution in [2.45, 2.75) is 12.3 Å². The average molecular weight is 239 g/mol. The van der Waals surface area contributed by atoms with Crippen LogP contribution in [0.2, 0.25) is 0 Å². The van der Waals surface area contributed by atoms with Gasteiger partial charge in [0.15, 0.2) is 0 Å². The molecule has 17 heavy (non-hydrogen) atoms. The number of cyclic esters (lactones) is 2. The van der Waals surface area contributed by atoms with Gasteiger partial charge in [-0.2, -0.15) is 0 Å². The molecule has 0 radical (unpaired) electrons. The Morgan fingerprint density at radius 1 is 1.41 bits per heavy atom.